The summed E-state index contributed by atoms with van der Waals surface area (Å²) in [4.78, 5) is 35.1. The third-order valence-electron chi connectivity index (χ3n) is 6.02. The minimum atomic E-state index is -0.826. The van der Waals surface area contributed by atoms with Crippen molar-refractivity contribution in [2.24, 2.45) is 7.05 Å². The summed E-state index contributed by atoms with van der Waals surface area (Å²) >= 11 is 6.49. The van der Waals surface area contributed by atoms with Gasteiger partial charge in [0.2, 0.25) is 5.95 Å². The molecule has 0 aliphatic rings. The highest BCUT2D eigenvalue weighted by molar-refractivity contribution is 6.34. The first-order chi connectivity index (χ1) is 18.1. The van der Waals surface area contributed by atoms with Crippen LogP contribution in [-0.4, -0.2) is 28.9 Å². The third kappa shape index (κ3) is 4.53. The predicted molar refractivity (Wildman–Crippen MR) is 141 cm³/mol. The summed E-state index contributed by atoms with van der Waals surface area (Å²) in [5.41, 5.74) is 1.37. The van der Waals surface area contributed by atoms with Crippen molar-refractivity contribution in [2.45, 2.75) is 20.4 Å². The molecule has 12 heteroatoms. The standard InChI is InChI=1S/C26H20ClFN8O2/c1-14-4-19(11-30-10-14)36-25(37)32-24(31-23-7-18-12-34(3)33-22(18)8-20(23)27)35(26(36)38)13-17-6-16(9-29)21(28)5-15(17)2/h4-8,10-12H,13H2,1-3H3,(H,31,32,37). The molecule has 3 heterocycles. The largest absolute Gasteiger partial charge is 0.359 e. The number of nitriles is 1. The number of aromatic nitrogens is 6. The number of nitrogens with one attached hydrogen (secondary N) is 1. The fraction of sp³-hybridized carbons (Fsp3) is 0.154. The summed E-state index contributed by atoms with van der Waals surface area (Å²) in [6.07, 6.45) is 4.78. The molecule has 5 rings (SSSR count). The van der Waals surface area contributed by atoms with Gasteiger partial charge in [-0.05, 0) is 60.9 Å². The summed E-state index contributed by atoms with van der Waals surface area (Å²) in [5.74, 6) is -0.742. The molecule has 0 fully saturated rings. The average molecular weight is 531 g/mol. The molecule has 0 unspecified atom stereocenters. The van der Waals surface area contributed by atoms with Gasteiger partial charge in [0.15, 0.2) is 0 Å². The van der Waals surface area contributed by atoms with Crippen molar-refractivity contribution in [2.75, 3.05) is 5.32 Å². The Balaban J connectivity index is 1.71. The molecule has 0 aliphatic carbocycles. The van der Waals surface area contributed by atoms with Crippen LogP contribution in [0.2, 0.25) is 5.02 Å². The Morgan fingerprint density at radius 3 is 2.66 bits per heavy atom. The van der Waals surface area contributed by atoms with Gasteiger partial charge in [-0.15, -0.1) is 0 Å². The molecule has 5 aromatic rings. The Morgan fingerprint density at radius 1 is 1.13 bits per heavy atom. The molecule has 1 N–H and O–H groups in total. The summed E-state index contributed by atoms with van der Waals surface area (Å²) in [6, 6.07) is 9.44. The van der Waals surface area contributed by atoms with Gasteiger partial charge in [0.1, 0.15) is 11.9 Å². The molecule has 38 heavy (non-hydrogen) atoms. The van der Waals surface area contributed by atoms with Crippen molar-refractivity contribution in [3.63, 3.8) is 0 Å². The van der Waals surface area contributed by atoms with E-state index in [0.717, 1.165) is 15.5 Å². The second-order valence-electron chi connectivity index (χ2n) is 8.83. The number of halogens is 2. The van der Waals surface area contributed by atoms with Crippen LogP contribution >= 0.6 is 11.6 Å². The van der Waals surface area contributed by atoms with Crippen LogP contribution in [0, 0.1) is 31.0 Å². The number of hydrogen-bond acceptors (Lipinski definition) is 7. The molecular formula is C26H20ClFN8O2. The number of aryl methyl sites for hydroxylation is 3. The van der Waals surface area contributed by atoms with Crippen molar-refractivity contribution in [3.05, 3.63) is 103 Å². The minimum absolute atomic E-state index is 0.0794. The van der Waals surface area contributed by atoms with Gasteiger partial charge in [0.05, 0.1) is 40.2 Å². The van der Waals surface area contributed by atoms with Gasteiger partial charge in [-0.25, -0.2) is 18.5 Å². The molecule has 0 amide bonds. The van der Waals surface area contributed by atoms with E-state index >= 15 is 0 Å². The Kier molecular flexibility index (Phi) is 6.26. The van der Waals surface area contributed by atoms with E-state index < -0.39 is 17.2 Å². The van der Waals surface area contributed by atoms with Crippen molar-refractivity contribution >= 4 is 34.1 Å². The molecule has 3 aromatic heterocycles. The van der Waals surface area contributed by atoms with Gasteiger partial charge in [0, 0.05) is 24.8 Å². The number of pyridine rings is 1. The van der Waals surface area contributed by atoms with Gasteiger partial charge in [-0.2, -0.15) is 15.3 Å². The van der Waals surface area contributed by atoms with Crippen molar-refractivity contribution in [1.82, 2.24) is 28.9 Å². The summed E-state index contributed by atoms with van der Waals surface area (Å²) in [5, 5.41) is 17.7. The smallest absolute Gasteiger partial charge is 0.324 e. The molecular weight excluding hydrogens is 511 g/mol. The molecule has 0 saturated heterocycles. The maximum atomic E-state index is 14.2. The first kappa shape index (κ1) is 24.9. The average Bonchev–Trinajstić information content (AvgIpc) is 3.21. The Bertz CT molecular complexity index is 1900. The number of nitrogens with zero attached hydrogens (tertiary/aromatic N) is 7. The minimum Gasteiger partial charge on any atom is -0.324 e. The van der Waals surface area contributed by atoms with Crippen LogP contribution in [0.1, 0.15) is 22.3 Å². The van der Waals surface area contributed by atoms with E-state index in [1.54, 1.807) is 56.2 Å². The highest BCUT2D eigenvalue weighted by Gasteiger charge is 2.19. The maximum absolute atomic E-state index is 14.2. The highest BCUT2D eigenvalue weighted by Crippen LogP contribution is 2.29. The van der Waals surface area contributed by atoms with Crippen LogP contribution in [-0.2, 0) is 13.6 Å². The van der Waals surface area contributed by atoms with Gasteiger partial charge >= 0.3 is 11.4 Å². The van der Waals surface area contributed by atoms with Gasteiger partial charge < -0.3 is 5.32 Å². The van der Waals surface area contributed by atoms with Gasteiger partial charge in [-0.1, -0.05) is 11.6 Å². The Labute approximate surface area is 220 Å². The monoisotopic (exact) mass is 530 g/mol. The molecule has 0 spiro atoms. The molecule has 190 valence electrons. The molecule has 0 bridgehead atoms. The van der Waals surface area contributed by atoms with Crippen LogP contribution in [0.25, 0.3) is 16.6 Å². The van der Waals surface area contributed by atoms with E-state index in [2.05, 4.69) is 20.4 Å². The lowest BCUT2D eigenvalue weighted by atomic mass is 10.0. The van der Waals surface area contributed by atoms with Crippen molar-refractivity contribution < 1.29 is 4.39 Å². The van der Waals surface area contributed by atoms with Crippen molar-refractivity contribution in [1.29, 1.82) is 5.26 Å². The van der Waals surface area contributed by atoms with E-state index in [4.69, 9.17) is 11.6 Å². The molecule has 0 atom stereocenters. The van der Waals surface area contributed by atoms with Gasteiger partial charge in [0.25, 0.3) is 0 Å². The topological polar surface area (TPSA) is 123 Å². The zero-order chi connectivity index (χ0) is 27.1. The van der Waals surface area contributed by atoms with E-state index in [0.29, 0.717) is 27.4 Å². The number of anilines is 2. The van der Waals surface area contributed by atoms with Crippen LogP contribution < -0.4 is 16.7 Å². The molecule has 0 radical (unpaired) electrons. The second-order valence-corrected chi connectivity index (χ2v) is 9.24. The Hall–Kier alpha value is -4.82. The second kappa shape index (κ2) is 9.57. The zero-order valence-electron chi connectivity index (χ0n) is 20.5. The molecule has 10 nitrogen and oxygen atoms in total. The zero-order valence-corrected chi connectivity index (χ0v) is 21.3. The normalized spacial score (nSPS) is 11.1. The van der Waals surface area contributed by atoms with Crippen LogP contribution in [0.5, 0.6) is 0 Å². The quantitative estimate of drug-likeness (QED) is 0.367. The first-order valence-corrected chi connectivity index (χ1v) is 11.8. The first-order valence-electron chi connectivity index (χ1n) is 11.4. The number of benzene rings is 2. The summed E-state index contributed by atoms with van der Waals surface area (Å²) in [6.45, 7) is 3.34. The SMILES string of the molecule is Cc1cncc(-n2c(=O)nc(Nc3cc4cn(C)nc4cc3Cl)n(Cc3cc(C#N)c(F)cc3C)c2=O)c1. The maximum Gasteiger partial charge on any atom is 0.359 e. The Morgan fingerprint density at radius 2 is 1.92 bits per heavy atom. The fourth-order valence-corrected chi connectivity index (χ4v) is 4.35. The van der Waals surface area contributed by atoms with E-state index in [9.17, 15) is 19.2 Å². The molecule has 2 aromatic carbocycles. The van der Waals surface area contributed by atoms with Gasteiger partial charge in [-0.3, -0.25) is 14.2 Å². The molecule has 0 aliphatic heterocycles. The summed E-state index contributed by atoms with van der Waals surface area (Å²) < 4.78 is 18.0. The van der Waals surface area contributed by atoms with Crippen LogP contribution in [0.3, 0.4) is 0 Å². The van der Waals surface area contributed by atoms with E-state index in [-0.39, 0.29) is 23.7 Å². The summed E-state index contributed by atoms with van der Waals surface area (Å²) in [7, 11) is 1.78. The fourth-order valence-electron chi connectivity index (χ4n) is 4.14. The number of rotatable bonds is 5. The lowest BCUT2D eigenvalue weighted by Crippen LogP contribution is -2.42. The lowest BCUT2D eigenvalue weighted by molar-refractivity contribution is 0.617. The highest BCUT2D eigenvalue weighted by atomic mass is 35.5. The molecule has 0 saturated carbocycles. The van der Waals surface area contributed by atoms with E-state index in [1.165, 1.54) is 22.9 Å². The third-order valence-corrected chi connectivity index (χ3v) is 6.33. The predicted octanol–water partition coefficient (Wildman–Crippen LogP) is 3.75. The van der Waals surface area contributed by atoms with Crippen LogP contribution in [0.15, 0.2) is 58.5 Å². The number of fused-ring (bicyclic) bond motifs is 1. The lowest BCUT2D eigenvalue weighted by Gasteiger charge is -2.17. The number of hydrogen-bond donors (Lipinski definition) is 1. The van der Waals surface area contributed by atoms with Crippen LogP contribution in [0.4, 0.5) is 16.0 Å². The van der Waals surface area contributed by atoms with E-state index in [1.807, 2.05) is 6.07 Å². The van der Waals surface area contributed by atoms with Crippen molar-refractivity contribution in [3.8, 4) is 11.8 Å².